The second-order valence-electron chi connectivity index (χ2n) is 5.41. The van der Waals surface area contributed by atoms with E-state index in [1.165, 1.54) is 31.6 Å². The largest absolute Gasteiger partial charge is 0.397 e. The first-order valence-corrected chi connectivity index (χ1v) is 7.21. The Morgan fingerprint density at radius 2 is 1.70 bits per heavy atom. The number of nitrogens with zero attached hydrogens (tertiary/aromatic N) is 1. The zero-order valence-corrected chi connectivity index (χ0v) is 11.9. The minimum atomic E-state index is 0.786. The van der Waals surface area contributed by atoms with Crippen molar-refractivity contribution in [2.75, 3.05) is 29.0 Å². The molecular weight excluding hydrogens is 246 g/mol. The summed E-state index contributed by atoms with van der Waals surface area (Å²) in [7, 11) is 0. The summed E-state index contributed by atoms with van der Waals surface area (Å²) in [4.78, 5) is 2.44. The highest BCUT2D eigenvalue weighted by Gasteiger charge is 2.12. The van der Waals surface area contributed by atoms with Gasteiger partial charge in [-0.2, -0.15) is 0 Å². The molecule has 0 aliphatic carbocycles. The van der Waals surface area contributed by atoms with E-state index in [-0.39, 0.29) is 0 Å². The van der Waals surface area contributed by atoms with Crippen LogP contribution in [0.4, 0.5) is 22.7 Å². The molecule has 3 rings (SSSR count). The molecule has 104 valence electrons. The summed E-state index contributed by atoms with van der Waals surface area (Å²) in [5.41, 5.74) is 11.4. The number of nitrogen functional groups attached to an aromatic ring is 1. The van der Waals surface area contributed by atoms with E-state index < -0.39 is 0 Å². The lowest BCUT2D eigenvalue weighted by Crippen LogP contribution is -2.17. The monoisotopic (exact) mass is 267 g/mol. The third-order valence-corrected chi connectivity index (χ3v) is 3.91. The topological polar surface area (TPSA) is 41.3 Å². The third-order valence-electron chi connectivity index (χ3n) is 3.91. The van der Waals surface area contributed by atoms with E-state index in [0.29, 0.717) is 0 Å². The molecule has 1 aliphatic heterocycles. The van der Waals surface area contributed by atoms with Crippen LogP contribution in [0.5, 0.6) is 0 Å². The minimum Gasteiger partial charge on any atom is -0.397 e. The van der Waals surface area contributed by atoms with E-state index in [4.69, 9.17) is 5.73 Å². The van der Waals surface area contributed by atoms with Crippen LogP contribution in [-0.2, 0) is 0 Å². The van der Waals surface area contributed by atoms with Gasteiger partial charge in [-0.3, -0.25) is 0 Å². The van der Waals surface area contributed by atoms with Gasteiger partial charge in [-0.25, -0.2) is 0 Å². The van der Waals surface area contributed by atoms with Crippen molar-refractivity contribution in [1.82, 2.24) is 0 Å². The van der Waals surface area contributed by atoms with E-state index in [1.807, 2.05) is 12.1 Å². The SMILES string of the molecule is Cc1cccc(N)c1Nc1ccc(N2CCCC2)cc1. The van der Waals surface area contributed by atoms with E-state index in [1.54, 1.807) is 0 Å². The first kappa shape index (κ1) is 12.9. The Balaban J connectivity index is 1.78. The number of rotatable bonds is 3. The van der Waals surface area contributed by atoms with Crippen LogP contribution in [0.2, 0.25) is 0 Å². The summed E-state index contributed by atoms with van der Waals surface area (Å²) in [5, 5.41) is 3.41. The highest BCUT2D eigenvalue weighted by Crippen LogP contribution is 2.28. The molecule has 1 saturated heterocycles. The fraction of sp³-hybridized carbons (Fsp3) is 0.294. The molecule has 3 N–H and O–H groups in total. The molecule has 1 aliphatic rings. The number of hydrogen-bond acceptors (Lipinski definition) is 3. The Bertz CT molecular complexity index is 563. The van der Waals surface area contributed by atoms with E-state index in [9.17, 15) is 0 Å². The molecule has 0 saturated carbocycles. The fourth-order valence-electron chi connectivity index (χ4n) is 2.74. The lowest BCUT2D eigenvalue weighted by Gasteiger charge is -2.18. The van der Waals surface area contributed by atoms with Crippen LogP contribution in [0.25, 0.3) is 0 Å². The van der Waals surface area contributed by atoms with Crippen LogP contribution in [0.3, 0.4) is 0 Å². The lowest BCUT2D eigenvalue weighted by molar-refractivity contribution is 0.949. The first-order chi connectivity index (χ1) is 9.74. The van der Waals surface area contributed by atoms with Crippen LogP contribution < -0.4 is 16.0 Å². The molecule has 1 fully saturated rings. The van der Waals surface area contributed by atoms with Crippen molar-refractivity contribution in [2.24, 2.45) is 0 Å². The summed E-state index contributed by atoms with van der Waals surface area (Å²) in [6, 6.07) is 14.6. The van der Waals surface area contributed by atoms with Gasteiger partial charge in [-0.1, -0.05) is 12.1 Å². The van der Waals surface area contributed by atoms with Crippen molar-refractivity contribution in [1.29, 1.82) is 0 Å². The Hall–Kier alpha value is -2.16. The second kappa shape index (κ2) is 5.45. The molecule has 1 heterocycles. The third kappa shape index (κ3) is 2.57. The van der Waals surface area contributed by atoms with Crippen molar-refractivity contribution in [3.05, 3.63) is 48.0 Å². The van der Waals surface area contributed by atoms with E-state index in [0.717, 1.165) is 22.6 Å². The molecule has 3 heteroatoms. The minimum absolute atomic E-state index is 0.786. The average Bonchev–Trinajstić information content (AvgIpc) is 2.98. The summed E-state index contributed by atoms with van der Waals surface area (Å²) >= 11 is 0. The zero-order chi connectivity index (χ0) is 13.9. The molecular formula is C17H21N3. The van der Waals surface area contributed by atoms with Crippen LogP contribution in [0, 0.1) is 6.92 Å². The number of aryl methyl sites for hydroxylation is 1. The molecule has 0 bridgehead atoms. The molecule has 2 aromatic rings. The van der Waals surface area contributed by atoms with E-state index in [2.05, 4.69) is 47.5 Å². The molecule has 0 aromatic heterocycles. The Morgan fingerprint density at radius 1 is 1.00 bits per heavy atom. The number of hydrogen-bond donors (Lipinski definition) is 2. The highest BCUT2D eigenvalue weighted by atomic mass is 15.1. The van der Waals surface area contributed by atoms with Gasteiger partial charge in [0.25, 0.3) is 0 Å². The molecule has 0 atom stereocenters. The molecule has 3 nitrogen and oxygen atoms in total. The van der Waals surface area contributed by atoms with Gasteiger partial charge in [0.05, 0.1) is 11.4 Å². The maximum Gasteiger partial charge on any atom is 0.0647 e. The predicted octanol–water partition coefficient (Wildman–Crippen LogP) is 3.92. The van der Waals surface area contributed by atoms with Crippen molar-refractivity contribution in [2.45, 2.75) is 19.8 Å². The number of nitrogens with two attached hydrogens (primary N) is 1. The quantitative estimate of drug-likeness (QED) is 0.828. The van der Waals surface area contributed by atoms with Crippen molar-refractivity contribution < 1.29 is 0 Å². The van der Waals surface area contributed by atoms with Gasteiger partial charge >= 0.3 is 0 Å². The van der Waals surface area contributed by atoms with Crippen LogP contribution >= 0.6 is 0 Å². The maximum atomic E-state index is 6.03. The molecule has 2 aromatic carbocycles. The van der Waals surface area contributed by atoms with Crippen LogP contribution in [-0.4, -0.2) is 13.1 Å². The van der Waals surface area contributed by atoms with Gasteiger partial charge in [-0.05, 0) is 55.7 Å². The average molecular weight is 267 g/mol. The zero-order valence-electron chi connectivity index (χ0n) is 11.9. The number of anilines is 4. The highest BCUT2D eigenvalue weighted by molar-refractivity contribution is 5.76. The van der Waals surface area contributed by atoms with Crippen molar-refractivity contribution in [3.8, 4) is 0 Å². The smallest absolute Gasteiger partial charge is 0.0647 e. The number of nitrogens with one attached hydrogen (secondary N) is 1. The van der Waals surface area contributed by atoms with Gasteiger partial charge in [0.2, 0.25) is 0 Å². The fourth-order valence-corrected chi connectivity index (χ4v) is 2.74. The Kier molecular flexibility index (Phi) is 3.50. The maximum absolute atomic E-state index is 6.03. The van der Waals surface area contributed by atoms with Crippen LogP contribution in [0.1, 0.15) is 18.4 Å². The normalized spacial score (nSPS) is 14.6. The molecule has 0 spiro atoms. The van der Waals surface area contributed by atoms with E-state index >= 15 is 0 Å². The predicted molar refractivity (Wildman–Crippen MR) is 86.8 cm³/mol. The van der Waals surface area contributed by atoms with Gasteiger partial charge in [0.15, 0.2) is 0 Å². The van der Waals surface area contributed by atoms with Gasteiger partial charge in [0.1, 0.15) is 0 Å². The number of para-hydroxylation sites is 1. The summed E-state index contributed by atoms with van der Waals surface area (Å²) < 4.78 is 0. The lowest BCUT2D eigenvalue weighted by atomic mass is 10.1. The van der Waals surface area contributed by atoms with Gasteiger partial charge in [-0.15, -0.1) is 0 Å². The first-order valence-electron chi connectivity index (χ1n) is 7.21. The summed E-state index contributed by atoms with van der Waals surface area (Å²) in [6.45, 7) is 4.42. The molecule has 20 heavy (non-hydrogen) atoms. The van der Waals surface area contributed by atoms with Gasteiger partial charge in [0, 0.05) is 24.5 Å². The van der Waals surface area contributed by atoms with Crippen molar-refractivity contribution in [3.63, 3.8) is 0 Å². The summed E-state index contributed by atoms with van der Waals surface area (Å²) in [6.07, 6.45) is 2.61. The van der Waals surface area contributed by atoms with Crippen molar-refractivity contribution >= 4 is 22.7 Å². The van der Waals surface area contributed by atoms with Gasteiger partial charge < -0.3 is 16.0 Å². The number of benzene rings is 2. The Labute approximate surface area is 120 Å². The Morgan fingerprint density at radius 3 is 2.35 bits per heavy atom. The molecule has 0 unspecified atom stereocenters. The summed E-state index contributed by atoms with van der Waals surface area (Å²) in [5.74, 6) is 0. The van der Waals surface area contributed by atoms with Crippen LogP contribution in [0.15, 0.2) is 42.5 Å². The molecule has 0 radical (unpaired) electrons. The second-order valence-corrected chi connectivity index (χ2v) is 5.41. The standard InChI is InChI=1S/C17H21N3/c1-13-5-4-6-16(18)17(13)19-14-7-9-15(10-8-14)20-11-2-3-12-20/h4-10,19H,2-3,11-12,18H2,1H3. The molecule has 0 amide bonds.